The fourth-order valence-electron chi connectivity index (χ4n) is 5.50. The van der Waals surface area contributed by atoms with Crippen LogP contribution in [0.3, 0.4) is 0 Å². The zero-order valence-electron chi connectivity index (χ0n) is 17.6. The lowest BCUT2D eigenvalue weighted by Crippen LogP contribution is -2.40. The molecule has 0 bridgehead atoms. The van der Waals surface area contributed by atoms with Gasteiger partial charge in [0.15, 0.2) is 0 Å². The normalized spacial score (nSPS) is 27.9. The number of nitrogens with zero attached hydrogens (tertiary/aromatic N) is 2. The van der Waals surface area contributed by atoms with E-state index in [1.54, 1.807) is 0 Å². The Morgan fingerprint density at radius 1 is 1.23 bits per heavy atom. The molecule has 5 rings (SSSR count). The maximum atomic E-state index is 12.9. The minimum Gasteiger partial charge on any atom is -0.376 e. The molecule has 4 atom stereocenters. The van der Waals surface area contributed by atoms with E-state index in [2.05, 4.69) is 51.0 Å². The van der Waals surface area contributed by atoms with Gasteiger partial charge in [-0.05, 0) is 74.8 Å². The highest BCUT2D eigenvalue weighted by Crippen LogP contribution is 2.46. The molecule has 6 nitrogen and oxygen atoms in total. The Hall–Kier alpha value is -2.44. The molecule has 1 aromatic heterocycles. The maximum Gasteiger partial charge on any atom is 0.251 e. The lowest BCUT2D eigenvalue weighted by atomic mass is 9.81. The number of likely N-dealkylation sites (tertiary alicyclic amines) is 1. The number of hydrogen-bond acceptors (Lipinski definition) is 5. The topological polar surface area (TPSA) is 69.3 Å². The molecule has 3 aliphatic heterocycles. The number of hydrogen-bond donors (Lipinski definition) is 3. The summed E-state index contributed by atoms with van der Waals surface area (Å²) in [6, 6.07) is 13.1. The van der Waals surface area contributed by atoms with E-state index in [0.29, 0.717) is 12.0 Å². The van der Waals surface area contributed by atoms with Crippen molar-refractivity contribution >= 4 is 11.6 Å². The van der Waals surface area contributed by atoms with Gasteiger partial charge >= 0.3 is 0 Å². The summed E-state index contributed by atoms with van der Waals surface area (Å²) < 4.78 is 0. The van der Waals surface area contributed by atoms with Crippen LogP contribution in [0.25, 0.3) is 0 Å². The van der Waals surface area contributed by atoms with E-state index in [-0.39, 0.29) is 18.0 Å². The van der Waals surface area contributed by atoms with Crippen molar-refractivity contribution in [2.75, 3.05) is 31.5 Å². The zero-order valence-corrected chi connectivity index (χ0v) is 17.6. The van der Waals surface area contributed by atoms with Crippen LogP contribution in [-0.4, -0.2) is 48.0 Å². The van der Waals surface area contributed by atoms with Crippen molar-refractivity contribution < 1.29 is 4.79 Å². The highest BCUT2D eigenvalue weighted by atomic mass is 16.1. The third-order valence-corrected chi connectivity index (χ3v) is 7.07. The molecular formula is C24H31N5O. The molecule has 1 amide bonds. The molecule has 0 spiro atoms. The van der Waals surface area contributed by atoms with Crippen molar-refractivity contribution in [3.8, 4) is 0 Å². The summed E-state index contributed by atoms with van der Waals surface area (Å²) in [5.74, 6) is 0.462. The minimum absolute atomic E-state index is 0.0298. The average molecular weight is 406 g/mol. The fourth-order valence-corrected chi connectivity index (χ4v) is 5.50. The molecule has 2 fully saturated rings. The smallest absolute Gasteiger partial charge is 0.251 e. The summed E-state index contributed by atoms with van der Waals surface area (Å²) in [6.07, 6.45) is 5.36. The number of carbonyl (C=O) groups is 1. The van der Waals surface area contributed by atoms with Gasteiger partial charge in [0.2, 0.25) is 0 Å². The number of aromatic nitrogens is 1. The summed E-state index contributed by atoms with van der Waals surface area (Å²) in [4.78, 5) is 19.9. The zero-order chi connectivity index (χ0) is 20.5. The van der Waals surface area contributed by atoms with E-state index in [1.807, 2.05) is 24.4 Å². The molecule has 3 aliphatic rings. The molecule has 4 heterocycles. The molecule has 0 saturated carbocycles. The van der Waals surface area contributed by atoms with Gasteiger partial charge in [0, 0.05) is 42.0 Å². The number of pyridine rings is 1. The summed E-state index contributed by atoms with van der Waals surface area (Å²) in [5.41, 5.74) is 4.14. The van der Waals surface area contributed by atoms with Gasteiger partial charge in [0.1, 0.15) is 0 Å². The van der Waals surface area contributed by atoms with Crippen LogP contribution >= 0.6 is 0 Å². The third kappa shape index (κ3) is 3.59. The van der Waals surface area contributed by atoms with Gasteiger partial charge in [-0.15, -0.1) is 0 Å². The average Bonchev–Trinajstić information content (AvgIpc) is 3.46. The van der Waals surface area contributed by atoms with Crippen LogP contribution < -0.4 is 16.0 Å². The van der Waals surface area contributed by atoms with E-state index in [9.17, 15) is 4.79 Å². The van der Waals surface area contributed by atoms with E-state index < -0.39 is 0 Å². The molecule has 30 heavy (non-hydrogen) atoms. The fraction of sp³-hybridized carbons (Fsp3) is 0.500. The van der Waals surface area contributed by atoms with Crippen LogP contribution in [0, 0.1) is 5.92 Å². The second-order valence-corrected chi connectivity index (χ2v) is 8.70. The number of nitrogens with one attached hydrogen (secondary N) is 3. The summed E-state index contributed by atoms with van der Waals surface area (Å²) >= 11 is 0. The van der Waals surface area contributed by atoms with Gasteiger partial charge in [-0.1, -0.05) is 13.0 Å². The molecule has 2 aromatic rings. The number of fused-ring (bicyclic) bond motifs is 3. The number of anilines is 1. The van der Waals surface area contributed by atoms with E-state index in [1.165, 1.54) is 18.4 Å². The first-order chi connectivity index (χ1) is 14.7. The Balaban J connectivity index is 1.34. The largest absolute Gasteiger partial charge is 0.376 e. The number of likely N-dealkylation sites (N-methyl/N-ethyl adjacent to an activating group) is 1. The Morgan fingerprint density at radius 3 is 3.00 bits per heavy atom. The summed E-state index contributed by atoms with van der Waals surface area (Å²) in [7, 11) is 0. The summed E-state index contributed by atoms with van der Waals surface area (Å²) in [6.45, 7) is 6.11. The molecule has 3 N–H and O–H groups in total. The van der Waals surface area contributed by atoms with Crippen LogP contribution in [0.5, 0.6) is 0 Å². The number of amides is 1. The van der Waals surface area contributed by atoms with Crippen molar-refractivity contribution in [2.24, 2.45) is 5.92 Å². The first-order valence-electron chi connectivity index (χ1n) is 11.3. The van der Waals surface area contributed by atoms with Crippen LogP contribution in [0.2, 0.25) is 0 Å². The van der Waals surface area contributed by atoms with Crippen molar-refractivity contribution in [3.05, 3.63) is 59.4 Å². The van der Waals surface area contributed by atoms with Crippen molar-refractivity contribution in [3.63, 3.8) is 0 Å². The van der Waals surface area contributed by atoms with Crippen molar-refractivity contribution in [2.45, 2.75) is 44.3 Å². The highest BCUT2D eigenvalue weighted by molar-refractivity contribution is 5.95. The van der Waals surface area contributed by atoms with Gasteiger partial charge < -0.3 is 16.0 Å². The van der Waals surface area contributed by atoms with E-state index in [4.69, 9.17) is 0 Å². The molecule has 158 valence electrons. The summed E-state index contributed by atoms with van der Waals surface area (Å²) in [5, 5.41) is 10.5. The lowest BCUT2D eigenvalue weighted by Gasteiger charge is -2.37. The van der Waals surface area contributed by atoms with Gasteiger partial charge in [0.05, 0.1) is 11.7 Å². The van der Waals surface area contributed by atoms with Crippen molar-refractivity contribution in [1.29, 1.82) is 0 Å². The maximum absolute atomic E-state index is 12.9. The second-order valence-electron chi connectivity index (χ2n) is 8.70. The second kappa shape index (κ2) is 8.36. The molecule has 2 saturated heterocycles. The number of benzene rings is 1. The Labute approximate surface area is 178 Å². The molecule has 0 aliphatic carbocycles. The van der Waals surface area contributed by atoms with Crippen LogP contribution in [-0.2, 0) is 0 Å². The number of carbonyl (C=O) groups excluding carboxylic acids is 1. The Bertz CT molecular complexity index is 902. The standard InChI is InChI=1S/C24H31N5O/c1-2-29-13-5-6-17(29)15-27-24(30)16-8-9-20-19(14-16)22-18(10-12-26-22)23(28-20)21-7-3-4-11-25-21/h3-4,7-9,11,14,17-18,22-23,26,28H,2,5-6,10,12-13,15H2,1H3,(H,27,30)/t17?,18?,22-,23?/m0/s1. The highest BCUT2D eigenvalue weighted by Gasteiger charge is 2.41. The lowest BCUT2D eigenvalue weighted by molar-refractivity contribution is 0.0941. The van der Waals surface area contributed by atoms with Crippen LogP contribution in [0.15, 0.2) is 42.6 Å². The molecular weight excluding hydrogens is 374 g/mol. The first kappa shape index (κ1) is 19.5. The van der Waals surface area contributed by atoms with Crippen molar-refractivity contribution in [1.82, 2.24) is 20.5 Å². The Kier molecular flexibility index (Phi) is 5.44. The third-order valence-electron chi connectivity index (χ3n) is 7.07. The first-order valence-corrected chi connectivity index (χ1v) is 11.3. The SMILES string of the molecule is CCN1CCCC1CNC(=O)c1ccc2c(c1)[C@H]1NCCC1C(c1ccccn1)N2. The van der Waals surface area contributed by atoms with Crippen LogP contribution in [0.1, 0.15) is 59.9 Å². The number of rotatable bonds is 5. The van der Waals surface area contributed by atoms with Crippen LogP contribution in [0.4, 0.5) is 5.69 Å². The van der Waals surface area contributed by atoms with E-state index in [0.717, 1.165) is 49.5 Å². The molecule has 6 heteroatoms. The molecule has 1 aromatic carbocycles. The van der Waals surface area contributed by atoms with Gasteiger partial charge in [-0.25, -0.2) is 0 Å². The predicted molar refractivity (Wildman–Crippen MR) is 118 cm³/mol. The van der Waals surface area contributed by atoms with Gasteiger partial charge in [0.25, 0.3) is 5.91 Å². The minimum atomic E-state index is 0.0298. The predicted octanol–water partition coefficient (Wildman–Crippen LogP) is 3.11. The monoisotopic (exact) mass is 405 g/mol. The van der Waals surface area contributed by atoms with Gasteiger partial charge in [-0.3, -0.25) is 14.7 Å². The Morgan fingerprint density at radius 2 is 2.17 bits per heavy atom. The molecule has 3 unspecified atom stereocenters. The molecule has 0 radical (unpaired) electrons. The quantitative estimate of drug-likeness (QED) is 0.713. The van der Waals surface area contributed by atoms with E-state index >= 15 is 0 Å². The van der Waals surface area contributed by atoms with Gasteiger partial charge in [-0.2, -0.15) is 0 Å².